The first-order valence-electron chi connectivity index (χ1n) is 11.9. The zero-order valence-corrected chi connectivity index (χ0v) is 18.0. The Morgan fingerprint density at radius 1 is 1.11 bits per heavy atom. The van der Waals surface area contributed by atoms with Crippen LogP contribution in [0, 0.1) is 23.2 Å². The summed E-state index contributed by atoms with van der Waals surface area (Å²) in [6.45, 7) is 7.19. The fraction of sp³-hybridized carbons (Fsp3) is 0.958. The molecular weight excluding hydrogens is 352 g/mol. The van der Waals surface area contributed by atoms with E-state index in [0.717, 1.165) is 50.0 Å². The molecule has 0 aromatic carbocycles. The summed E-state index contributed by atoms with van der Waals surface area (Å²) >= 11 is 0. The van der Waals surface area contributed by atoms with Gasteiger partial charge in [-0.2, -0.15) is 0 Å². The normalized spacial score (nSPS) is 51.9. The number of epoxide rings is 1. The Morgan fingerprint density at radius 3 is 2.75 bits per heavy atom. The van der Waals surface area contributed by atoms with Gasteiger partial charge in [-0.3, -0.25) is 4.79 Å². The van der Waals surface area contributed by atoms with Gasteiger partial charge in [0.15, 0.2) is 0 Å². The average Bonchev–Trinajstić information content (AvgIpc) is 3.37. The summed E-state index contributed by atoms with van der Waals surface area (Å²) in [5, 5.41) is 0. The third-order valence-electron chi connectivity index (χ3n) is 9.48. The van der Waals surface area contributed by atoms with Crippen LogP contribution >= 0.6 is 0 Å². The van der Waals surface area contributed by atoms with Crippen molar-refractivity contribution in [2.75, 3.05) is 6.61 Å². The first-order valence-corrected chi connectivity index (χ1v) is 11.9. The standard InChI is InChI=1S/C24H38O4/c1-4-13-26-23-10-6-5-7-20(23)18-14-21-24(28-21)15-17(27-16(2)25)8-11-22(24,3)19(18)9-12-23/h17-21H,4-15H2,1-3H3/t17-,18+,19-,20-,21+,22+,23-,24+/m0/s1. The maximum atomic E-state index is 11.5. The molecule has 4 heteroatoms. The lowest BCUT2D eigenvalue weighted by Gasteiger charge is -2.61. The van der Waals surface area contributed by atoms with E-state index in [-0.39, 0.29) is 28.7 Å². The van der Waals surface area contributed by atoms with Crippen LogP contribution < -0.4 is 0 Å². The molecule has 5 fully saturated rings. The zero-order chi connectivity index (χ0) is 19.6. The highest BCUT2D eigenvalue weighted by Gasteiger charge is 2.76. The van der Waals surface area contributed by atoms with E-state index in [4.69, 9.17) is 14.2 Å². The van der Waals surface area contributed by atoms with Gasteiger partial charge in [0.25, 0.3) is 0 Å². The van der Waals surface area contributed by atoms with Gasteiger partial charge in [0.1, 0.15) is 11.7 Å². The second kappa shape index (κ2) is 6.70. The average molecular weight is 391 g/mol. The number of esters is 1. The van der Waals surface area contributed by atoms with Crippen molar-refractivity contribution in [2.24, 2.45) is 23.2 Å². The summed E-state index contributed by atoms with van der Waals surface area (Å²) in [6.07, 6.45) is 13.6. The van der Waals surface area contributed by atoms with E-state index in [1.165, 1.54) is 51.9 Å². The van der Waals surface area contributed by atoms with Crippen LogP contribution in [0.1, 0.15) is 91.4 Å². The quantitative estimate of drug-likeness (QED) is 0.499. The molecule has 0 amide bonds. The molecule has 0 unspecified atom stereocenters. The van der Waals surface area contributed by atoms with Crippen LogP contribution in [-0.4, -0.2) is 36.0 Å². The topological polar surface area (TPSA) is 48.1 Å². The minimum Gasteiger partial charge on any atom is -0.462 e. The van der Waals surface area contributed by atoms with Gasteiger partial charge >= 0.3 is 5.97 Å². The van der Waals surface area contributed by atoms with Gasteiger partial charge in [-0.05, 0) is 69.1 Å². The molecule has 1 heterocycles. The van der Waals surface area contributed by atoms with Crippen LogP contribution in [-0.2, 0) is 19.0 Å². The highest BCUT2D eigenvalue weighted by Crippen LogP contribution is 2.72. The van der Waals surface area contributed by atoms with Crippen molar-refractivity contribution in [3.63, 3.8) is 0 Å². The largest absolute Gasteiger partial charge is 0.462 e. The van der Waals surface area contributed by atoms with Crippen molar-refractivity contribution >= 4 is 5.97 Å². The minimum absolute atomic E-state index is 0.0223. The van der Waals surface area contributed by atoms with Gasteiger partial charge in [-0.1, -0.05) is 26.7 Å². The summed E-state index contributed by atoms with van der Waals surface area (Å²) in [5.74, 6) is 2.07. The number of hydrogen-bond donors (Lipinski definition) is 0. The molecule has 1 saturated heterocycles. The molecule has 4 aliphatic carbocycles. The number of rotatable bonds is 4. The molecule has 0 N–H and O–H groups in total. The monoisotopic (exact) mass is 390 g/mol. The van der Waals surface area contributed by atoms with E-state index < -0.39 is 0 Å². The summed E-state index contributed by atoms with van der Waals surface area (Å²) in [5.41, 5.74) is 0.368. The van der Waals surface area contributed by atoms with Gasteiger partial charge < -0.3 is 14.2 Å². The number of fused-ring (bicyclic) bond motifs is 4. The second-order valence-corrected chi connectivity index (χ2v) is 10.7. The third kappa shape index (κ3) is 2.66. The van der Waals surface area contributed by atoms with E-state index in [2.05, 4.69) is 13.8 Å². The third-order valence-corrected chi connectivity index (χ3v) is 9.48. The first kappa shape index (κ1) is 19.4. The maximum absolute atomic E-state index is 11.5. The first-order chi connectivity index (χ1) is 13.4. The highest BCUT2D eigenvalue weighted by atomic mass is 16.6. The van der Waals surface area contributed by atoms with Crippen LogP contribution in [0.2, 0.25) is 0 Å². The molecule has 4 saturated carbocycles. The fourth-order valence-corrected chi connectivity index (χ4v) is 8.29. The van der Waals surface area contributed by atoms with E-state index in [0.29, 0.717) is 6.10 Å². The van der Waals surface area contributed by atoms with Gasteiger partial charge in [0, 0.05) is 25.4 Å². The van der Waals surface area contributed by atoms with E-state index in [1.807, 2.05) is 0 Å². The molecule has 0 aromatic rings. The summed E-state index contributed by atoms with van der Waals surface area (Å²) in [6, 6.07) is 0. The van der Waals surface area contributed by atoms with Crippen LogP contribution in [0.25, 0.3) is 0 Å². The maximum Gasteiger partial charge on any atom is 0.302 e. The Kier molecular flexibility index (Phi) is 4.63. The predicted molar refractivity (Wildman–Crippen MR) is 107 cm³/mol. The Bertz CT molecular complexity index is 634. The van der Waals surface area contributed by atoms with E-state index in [1.54, 1.807) is 0 Å². The van der Waals surface area contributed by atoms with Crippen molar-refractivity contribution < 1.29 is 19.0 Å². The van der Waals surface area contributed by atoms with Gasteiger partial charge in [0.05, 0.1) is 11.7 Å². The molecule has 0 bridgehead atoms. The van der Waals surface area contributed by atoms with Crippen molar-refractivity contribution in [1.82, 2.24) is 0 Å². The Labute approximate surface area is 170 Å². The molecule has 5 rings (SSSR count). The molecule has 0 radical (unpaired) electrons. The number of ether oxygens (including phenoxy) is 3. The Balaban J connectivity index is 1.40. The molecule has 1 spiro atoms. The SMILES string of the molecule is CCCO[C@]12CCCC[C@H]1[C@@H]1C[C@H]3O[C@]34C[C@@H](OC(C)=O)CC[C@]4(C)[C@H]1CC2. The van der Waals surface area contributed by atoms with Crippen molar-refractivity contribution in [3.05, 3.63) is 0 Å². The molecule has 158 valence electrons. The second-order valence-electron chi connectivity index (χ2n) is 10.7. The number of carbonyl (C=O) groups excluding carboxylic acids is 1. The van der Waals surface area contributed by atoms with Crippen LogP contribution in [0.3, 0.4) is 0 Å². The molecular formula is C24H38O4. The van der Waals surface area contributed by atoms with E-state index in [9.17, 15) is 4.79 Å². The van der Waals surface area contributed by atoms with Crippen molar-refractivity contribution in [2.45, 2.75) is 115 Å². The lowest BCUT2D eigenvalue weighted by Crippen LogP contribution is -2.61. The Hall–Kier alpha value is -0.610. The summed E-state index contributed by atoms with van der Waals surface area (Å²) < 4.78 is 18.8. The number of hydrogen-bond acceptors (Lipinski definition) is 4. The molecule has 0 aromatic heterocycles. The van der Waals surface area contributed by atoms with Crippen molar-refractivity contribution in [1.29, 1.82) is 0 Å². The lowest BCUT2D eigenvalue weighted by molar-refractivity contribution is -0.192. The molecule has 1 aliphatic heterocycles. The lowest BCUT2D eigenvalue weighted by atomic mass is 9.44. The Morgan fingerprint density at radius 2 is 1.96 bits per heavy atom. The smallest absolute Gasteiger partial charge is 0.302 e. The van der Waals surface area contributed by atoms with Crippen LogP contribution in [0.5, 0.6) is 0 Å². The highest BCUT2D eigenvalue weighted by molar-refractivity contribution is 5.66. The summed E-state index contributed by atoms with van der Waals surface area (Å²) in [7, 11) is 0. The molecule has 28 heavy (non-hydrogen) atoms. The fourth-order valence-electron chi connectivity index (χ4n) is 8.29. The van der Waals surface area contributed by atoms with Gasteiger partial charge in [0.2, 0.25) is 0 Å². The predicted octanol–water partition coefficient (Wildman–Crippen LogP) is 5.03. The molecule has 8 atom stereocenters. The number of carbonyl (C=O) groups is 1. The van der Waals surface area contributed by atoms with Crippen molar-refractivity contribution in [3.8, 4) is 0 Å². The zero-order valence-electron chi connectivity index (χ0n) is 18.0. The molecule has 5 aliphatic rings. The van der Waals surface area contributed by atoms with Crippen LogP contribution in [0.4, 0.5) is 0 Å². The minimum atomic E-state index is -0.145. The molecule has 4 nitrogen and oxygen atoms in total. The van der Waals surface area contributed by atoms with E-state index >= 15 is 0 Å². The summed E-state index contributed by atoms with van der Waals surface area (Å²) in [4.78, 5) is 11.5. The van der Waals surface area contributed by atoms with Gasteiger partial charge in [-0.15, -0.1) is 0 Å². The van der Waals surface area contributed by atoms with Crippen LogP contribution in [0.15, 0.2) is 0 Å². The van der Waals surface area contributed by atoms with Gasteiger partial charge in [-0.25, -0.2) is 0 Å².